The van der Waals surface area contributed by atoms with Crippen LogP contribution < -0.4 is 0 Å². The minimum absolute atomic E-state index is 0.586. The summed E-state index contributed by atoms with van der Waals surface area (Å²) in [6.45, 7) is 1.96. The Morgan fingerprint density at radius 3 is 3.00 bits per heavy atom. The molecule has 2 heterocycles. The minimum Gasteiger partial charge on any atom is -0.237 e. The van der Waals surface area contributed by atoms with Crippen molar-refractivity contribution in [2.24, 2.45) is 0 Å². The number of nitrogens with zero attached hydrogens (tertiary/aromatic N) is 4. The van der Waals surface area contributed by atoms with Crippen LogP contribution in [0.5, 0.6) is 0 Å². The molecule has 2 aromatic rings. The van der Waals surface area contributed by atoms with Crippen LogP contribution >= 0.6 is 0 Å². The van der Waals surface area contributed by atoms with E-state index in [2.05, 4.69) is 16.2 Å². The fraction of sp³-hybridized carbons (Fsp3) is 0.100. The Morgan fingerprint density at radius 1 is 1.50 bits per heavy atom. The standard InChI is InChI=1S/C10H8N4/c1-8-6-13-14(7-8)10-4-9(5-11)2-3-12-10/h2-4,6-7H,1H3. The lowest BCUT2D eigenvalue weighted by molar-refractivity contribution is 0.846. The van der Waals surface area contributed by atoms with Crippen LogP contribution in [0.1, 0.15) is 11.1 Å². The number of rotatable bonds is 1. The van der Waals surface area contributed by atoms with Crippen molar-refractivity contribution in [1.82, 2.24) is 14.8 Å². The van der Waals surface area contributed by atoms with E-state index >= 15 is 0 Å². The van der Waals surface area contributed by atoms with E-state index < -0.39 is 0 Å². The number of aryl methyl sites for hydroxylation is 1. The van der Waals surface area contributed by atoms with Crippen molar-refractivity contribution in [3.05, 3.63) is 41.9 Å². The molecule has 0 amide bonds. The van der Waals surface area contributed by atoms with E-state index in [1.807, 2.05) is 13.1 Å². The van der Waals surface area contributed by atoms with Crippen molar-refractivity contribution < 1.29 is 0 Å². The van der Waals surface area contributed by atoms with Gasteiger partial charge in [0.1, 0.15) is 0 Å². The zero-order valence-corrected chi connectivity index (χ0v) is 7.68. The van der Waals surface area contributed by atoms with Gasteiger partial charge >= 0.3 is 0 Å². The maximum absolute atomic E-state index is 8.71. The van der Waals surface area contributed by atoms with Crippen molar-refractivity contribution in [2.45, 2.75) is 6.92 Å². The molecule has 0 aromatic carbocycles. The fourth-order valence-corrected chi connectivity index (χ4v) is 1.15. The van der Waals surface area contributed by atoms with E-state index in [9.17, 15) is 0 Å². The first-order valence-electron chi connectivity index (χ1n) is 4.17. The SMILES string of the molecule is Cc1cnn(-c2cc(C#N)ccn2)c1. The first-order valence-corrected chi connectivity index (χ1v) is 4.17. The highest BCUT2D eigenvalue weighted by Crippen LogP contribution is 2.06. The van der Waals surface area contributed by atoms with Gasteiger partial charge in [0.15, 0.2) is 5.82 Å². The molecule has 0 fully saturated rings. The second-order valence-corrected chi connectivity index (χ2v) is 2.98. The molecule has 0 aliphatic rings. The number of hydrogen-bond acceptors (Lipinski definition) is 3. The molecule has 0 atom stereocenters. The molecule has 0 radical (unpaired) electrons. The van der Waals surface area contributed by atoms with E-state index in [0.29, 0.717) is 11.4 Å². The van der Waals surface area contributed by atoms with Gasteiger partial charge in [-0.1, -0.05) is 0 Å². The van der Waals surface area contributed by atoms with Crippen LogP contribution in [0.15, 0.2) is 30.7 Å². The Labute approximate surface area is 81.4 Å². The first-order chi connectivity index (χ1) is 6.79. The van der Waals surface area contributed by atoms with Gasteiger partial charge in [0.25, 0.3) is 0 Å². The summed E-state index contributed by atoms with van der Waals surface area (Å²) in [5.41, 5.74) is 1.65. The van der Waals surface area contributed by atoms with Gasteiger partial charge in [-0.3, -0.25) is 0 Å². The monoisotopic (exact) mass is 184 g/mol. The maximum atomic E-state index is 8.71. The molecule has 0 spiro atoms. The van der Waals surface area contributed by atoms with Crippen LogP contribution in [-0.2, 0) is 0 Å². The molecule has 0 saturated carbocycles. The van der Waals surface area contributed by atoms with Crippen molar-refractivity contribution in [2.75, 3.05) is 0 Å². The van der Waals surface area contributed by atoms with Gasteiger partial charge in [-0.15, -0.1) is 0 Å². The molecule has 0 aliphatic carbocycles. The Hall–Kier alpha value is -2.15. The molecule has 0 saturated heterocycles. The summed E-state index contributed by atoms with van der Waals surface area (Å²) < 4.78 is 1.65. The largest absolute Gasteiger partial charge is 0.237 e. The fourth-order valence-electron chi connectivity index (χ4n) is 1.15. The van der Waals surface area contributed by atoms with Crippen LogP contribution in [0.4, 0.5) is 0 Å². The molecule has 68 valence electrons. The summed E-state index contributed by atoms with van der Waals surface area (Å²) in [5, 5.41) is 12.8. The predicted octanol–water partition coefficient (Wildman–Crippen LogP) is 1.45. The first kappa shape index (κ1) is 8.45. The molecule has 0 N–H and O–H groups in total. The molecule has 0 aliphatic heterocycles. The number of hydrogen-bond donors (Lipinski definition) is 0. The van der Waals surface area contributed by atoms with Gasteiger partial charge in [-0.2, -0.15) is 10.4 Å². The molecule has 0 unspecified atom stereocenters. The van der Waals surface area contributed by atoms with Crippen molar-refractivity contribution >= 4 is 0 Å². The van der Waals surface area contributed by atoms with E-state index in [4.69, 9.17) is 5.26 Å². The van der Waals surface area contributed by atoms with Gasteiger partial charge in [0.05, 0.1) is 17.8 Å². The molecule has 14 heavy (non-hydrogen) atoms. The molecule has 2 aromatic heterocycles. The quantitative estimate of drug-likeness (QED) is 0.674. The third-order valence-corrected chi connectivity index (χ3v) is 1.82. The Morgan fingerprint density at radius 2 is 2.36 bits per heavy atom. The lowest BCUT2D eigenvalue weighted by Crippen LogP contribution is -1.97. The molecule has 0 bridgehead atoms. The maximum Gasteiger partial charge on any atom is 0.154 e. The van der Waals surface area contributed by atoms with Crippen LogP contribution in [0.2, 0.25) is 0 Å². The molecule has 2 rings (SSSR count). The van der Waals surface area contributed by atoms with E-state index in [1.165, 1.54) is 0 Å². The predicted molar refractivity (Wildman–Crippen MR) is 50.8 cm³/mol. The van der Waals surface area contributed by atoms with Crippen LogP contribution in [-0.4, -0.2) is 14.8 Å². The highest BCUT2D eigenvalue weighted by Gasteiger charge is 2.00. The van der Waals surface area contributed by atoms with Crippen molar-refractivity contribution in [1.29, 1.82) is 5.26 Å². The van der Waals surface area contributed by atoms with Crippen LogP contribution in [0.3, 0.4) is 0 Å². The second kappa shape index (κ2) is 3.30. The van der Waals surface area contributed by atoms with Gasteiger partial charge < -0.3 is 0 Å². The molecular weight excluding hydrogens is 176 g/mol. The van der Waals surface area contributed by atoms with Crippen LogP contribution in [0.25, 0.3) is 5.82 Å². The highest BCUT2D eigenvalue weighted by atomic mass is 15.3. The summed E-state index contributed by atoms with van der Waals surface area (Å²) in [6.07, 6.45) is 5.22. The third kappa shape index (κ3) is 1.48. The lowest BCUT2D eigenvalue weighted by atomic mass is 10.3. The highest BCUT2D eigenvalue weighted by molar-refractivity contribution is 5.35. The van der Waals surface area contributed by atoms with E-state index in [0.717, 1.165) is 5.56 Å². The summed E-state index contributed by atoms with van der Waals surface area (Å²) in [5.74, 6) is 0.664. The number of nitriles is 1. The Balaban J connectivity index is 2.47. The number of pyridine rings is 1. The Kier molecular flexibility index (Phi) is 1.99. The normalized spacial score (nSPS) is 9.71. The summed E-state index contributed by atoms with van der Waals surface area (Å²) in [7, 11) is 0. The van der Waals surface area contributed by atoms with Crippen molar-refractivity contribution in [3.63, 3.8) is 0 Å². The van der Waals surface area contributed by atoms with Crippen molar-refractivity contribution in [3.8, 4) is 11.9 Å². The average Bonchev–Trinajstić information content (AvgIpc) is 2.65. The second-order valence-electron chi connectivity index (χ2n) is 2.98. The van der Waals surface area contributed by atoms with Gasteiger partial charge in [0, 0.05) is 18.5 Å². The van der Waals surface area contributed by atoms with Gasteiger partial charge in [0.2, 0.25) is 0 Å². The van der Waals surface area contributed by atoms with Crippen LogP contribution in [0, 0.1) is 18.3 Å². The lowest BCUT2D eigenvalue weighted by Gasteiger charge is -1.98. The van der Waals surface area contributed by atoms with Gasteiger partial charge in [-0.05, 0) is 18.6 Å². The minimum atomic E-state index is 0.586. The zero-order valence-electron chi connectivity index (χ0n) is 7.68. The topological polar surface area (TPSA) is 54.5 Å². The van der Waals surface area contributed by atoms with Gasteiger partial charge in [-0.25, -0.2) is 9.67 Å². The summed E-state index contributed by atoms with van der Waals surface area (Å²) in [6, 6.07) is 5.43. The van der Waals surface area contributed by atoms with E-state index in [1.54, 1.807) is 29.2 Å². The number of aromatic nitrogens is 3. The summed E-state index contributed by atoms with van der Waals surface area (Å²) in [4.78, 5) is 4.12. The molecule has 4 heteroatoms. The molecular formula is C10H8N4. The average molecular weight is 184 g/mol. The smallest absolute Gasteiger partial charge is 0.154 e. The zero-order chi connectivity index (χ0) is 9.97. The molecule has 4 nitrogen and oxygen atoms in total. The third-order valence-electron chi connectivity index (χ3n) is 1.82. The van der Waals surface area contributed by atoms with E-state index in [-0.39, 0.29) is 0 Å². The Bertz CT molecular complexity index is 493. The summed E-state index contributed by atoms with van der Waals surface area (Å²) >= 11 is 0.